The van der Waals surface area contributed by atoms with E-state index in [9.17, 15) is 14.4 Å². The van der Waals surface area contributed by atoms with E-state index in [4.69, 9.17) is 5.11 Å². The molecular formula is C13H19N5O4. The Balaban J connectivity index is 1.78. The Hall–Kier alpha value is -2.45. The third kappa shape index (κ3) is 4.83. The second-order valence-corrected chi connectivity index (χ2v) is 5.20. The van der Waals surface area contributed by atoms with E-state index >= 15 is 0 Å². The maximum absolute atomic E-state index is 11.9. The molecule has 2 heterocycles. The molecule has 0 atom stereocenters. The van der Waals surface area contributed by atoms with Crippen molar-refractivity contribution in [1.29, 1.82) is 0 Å². The number of carbonyl (C=O) groups excluding carboxylic acids is 2. The molecule has 1 aliphatic heterocycles. The molecule has 120 valence electrons. The smallest absolute Gasteiger partial charge is 0.325 e. The molecule has 2 amide bonds. The van der Waals surface area contributed by atoms with Gasteiger partial charge in [-0.1, -0.05) is 11.6 Å². The lowest BCUT2D eigenvalue weighted by Gasteiger charge is -2.19. The Kier molecular flexibility index (Phi) is 5.45. The van der Waals surface area contributed by atoms with Crippen molar-refractivity contribution in [2.24, 2.45) is 0 Å². The predicted octanol–water partition coefficient (Wildman–Crippen LogP) is -0.618. The molecule has 1 aromatic rings. The standard InChI is InChI=1S/C13H19N5O4/c19-11(8-17-5-3-1-2-4-12(17)20)14-6-10-7-18(16-15-10)9-13(21)22/h7H,1-6,8-9H2,(H,14,19)(H,21,22). The highest BCUT2D eigenvalue weighted by Gasteiger charge is 2.19. The highest BCUT2D eigenvalue weighted by molar-refractivity contribution is 5.84. The number of aliphatic carboxylic acids is 1. The van der Waals surface area contributed by atoms with Crippen molar-refractivity contribution in [3.63, 3.8) is 0 Å². The van der Waals surface area contributed by atoms with Crippen molar-refractivity contribution in [3.05, 3.63) is 11.9 Å². The zero-order valence-electron chi connectivity index (χ0n) is 12.2. The van der Waals surface area contributed by atoms with Gasteiger partial charge < -0.3 is 15.3 Å². The summed E-state index contributed by atoms with van der Waals surface area (Å²) in [5.74, 6) is -1.26. The fourth-order valence-corrected chi connectivity index (χ4v) is 2.26. The molecule has 2 rings (SSSR count). The van der Waals surface area contributed by atoms with Crippen molar-refractivity contribution in [1.82, 2.24) is 25.2 Å². The third-order valence-corrected chi connectivity index (χ3v) is 3.36. The van der Waals surface area contributed by atoms with Crippen LogP contribution in [0.15, 0.2) is 6.20 Å². The molecule has 0 spiro atoms. The van der Waals surface area contributed by atoms with Crippen molar-refractivity contribution >= 4 is 17.8 Å². The zero-order chi connectivity index (χ0) is 15.9. The monoisotopic (exact) mass is 309 g/mol. The SMILES string of the molecule is O=C(O)Cn1cc(CNC(=O)CN2CCCCCC2=O)nn1. The van der Waals surface area contributed by atoms with E-state index in [-0.39, 0.29) is 31.4 Å². The summed E-state index contributed by atoms with van der Waals surface area (Å²) in [6.07, 6.45) is 4.77. The van der Waals surface area contributed by atoms with Gasteiger partial charge in [-0.15, -0.1) is 5.10 Å². The summed E-state index contributed by atoms with van der Waals surface area (Å²) in [5, 5.41) is 18.7. The normalized spacial score (nSPS) is 15.5. The van der Waals surface area contributed by atoms with Gasteiger partial charge in [0.15, 0.2) is 0 Å². The van der Waals surface area contributed by atoms with Gasteiger partial charge in [-0.2, -0.15) is 0 Å². The van der Waals surface area contributed by atoms with Crippen LogP contribution in [-0.4, -0.2) is 55.9 Å². The van der Waals surface area contributed by atoms with Crippen LogP contribution in [0.25, 0.3) is 0 Å². The number of nitrogens with zero attached hydrogens (tertiary/aromatic N) is 4. The Morgan fingerprint density at radius 2 is 2.09 bits per heavy atom. The molecule has 22 heavy (non-hydrogen) atoms. The first-order chi connectivity index (χ1) is 10.5. The summed E-state index contributed by atoms with van der Waals surface area (Å²) in [6, 6.07) is 0. The van der Waals surface area contributed by atoms with Crippen molar-refractivity contribution in [2.45, 2.75) is 38.8 Å². The van der Waals surface area contributed by atoms with Gasteiger partial charge in [-0.3, -0.25) is 14.4 Å². The number of nitrogens with one attached hydrogen (secondary N) is 1. The minimum absolute atomic E-state index is 0.0139. The number of rotatable bonds is 6. The van der Waals surface area contributed by atoms with E-state index in [1.807, 2.05) is 0 Å². The van der Waals surface area contributed by atoms with Crippen LogP contribution < -0.4 is 5.32 Å². The molecule has 2 N–H and O–H groups in total. The molecule has 1 fully saturated rings. The summed E-state index contributed by atoms with van der Waals surface area (Å²) >= 11 is 0. The number of carboxylic acids is 1. The number of likely N-dealkylation sites (tertiary alicyclic amines) is 1. The van der Waals surface area contributed by atoms with Gasteiger partial charge in [-0.25, -0.2) is 4.68 Å². The first-order valence-electron chi connectivity index (χ1n) is 7.20. The van der Waals surface area contributed by atoms with Crippen LogP contribution in [0.5, 0.6) is 0 Å². The average molecular weight is 309 g/mol. The summed E-state index contributed by atoms with van der Waals surface area (Å²) in [6.45, 7) is 0.535. The minimum Gasteiger partial charge on any atom is -0.480 e. The Morgan fingerprint density at radius 1 is 1.27 bits per heavy atom. The number of amides is 2. The average Bonchev–Trinajstić information content (AvgIpc) is 2.80. The molecule has 1 saturated heterocycles. The number of hydrogen-bond acceptors (Lipinski definition) is 5. The van der Waals surface area contributed by atoms with Gasteiger partial charge in [-0.05, 0) is 12.8 Å². The maximum Gasteiger partial charge on any atom is 0.325 e. The van der Waals surface area contributed by atoms with Gasteiger partial charge in [0.2, 0.25) is 11.8 Å². The summed E-state index contributed by atoms with van der Waals surface area (Å²) in [4.78, 5) is 35.8. The minimum atomic E-state index is -1.01. The van der Waals surface area contributed by atoms with Crippen molar-refractivity contribution < 1.29 is 19.5 Å². The van der Waals surface area contributed by atoms with Gasteiger partial charge in [0.05, 0.1) is 19.3 Å². The van der Waals surface area contributed by atoms with Gasteiger partial charge in [0.25, 0.3) is 0 Å². The molecule has 9 heteroatoms. The first kappa shape index (κ1) is 15.9. The van der Waals surface area contributed by atoms with Crippen LogP contribution >= 0.6 is 0 Å². The summed E-state index contributed by atoms with van der Waals surface area (Å²) < 4.78 is 1.18. The fraction of sp³-hybridized carbons (Fsp3) is 0.615. The lowest BCUT2D eigenvalue weighted by atomic mass is 10.2. The van der Waals surface area contributed by atoms with Crippen LogP contribution in [0.4, 0.5) is 0 Å². The predicted molar refractivity (Wildman–Crippen MR) is 74.6 cm³/mol. The van der Waals surface area contributed by atoms with Crippen LogP contribution in [0.2, 0.25) is 0 Å². The number of carbonyl (C=O) groups is 3. The van der Waals surface area contributed by atoms with E-state index in [0.717, 1.165) is 19.3 Å². The molecular weight excluding hydrogens is 290 g/mol. The summed E-state index contributed by atoms with van der Waals surface area (Å²) in [5.41, 5.74) is 0.469. The van der Waals surface area contributed by atoms with Crippen LogP contribution in [0.1, 0.15) is 31.4 Å². The van der Waals surface area contributed by atoms with E-state index < -0.39 is 5.97 Å². The molecule has 1 aromatic heterocycles. The maximum atomic E-state index is 11.9. The van der Waals surface area contributed by atoms with Crippen molar-refractivity contribution in [2.75, 3.05) is 13.1 Å². The van der Waals surface area contributed by atoms with Gasteiger partial charge >= 0.3 is 5.97 Å². The lowest BCUT2D eigenvalue weighted by Crippen LogP contribution is -2.40. The summed E-state index contributed by atoms with van der Waals surface area (Å²) in [7, 11) is 0. The fourth-order valence-electron chi connectivity index (χ4n) is 2.26. The highest BCUT2D eigenvalue weighted by Crippen LogP contribution is 2.10. The molecule has 0 aliphatic carbocycles. The zero-order valence-corrected chi connectivity index (χ0v) is 12.2. The lowest BCUT2D eigenvalue weighted by molar-refractivity contribution is -0.138. The molecule has 1 aliphatic rings. The second kappa shape index (κ2) is 7.53. The second-order valence-electron chi connectivity index (χ2n) is 5.20. The van der Waals surface area contributed by atoms with E-state index in [1.54, 1.807) is 4.90 Å². The highest BCUT2D eigenvalue weighted by atomic mass is 16.4. The van der Waals surface area contributed by atoms with E-state index in [1.165, 1.54) is 10.9 Å². The van der Waals surface area contributed by atoms with Crippen molar-refractivity contribution in [3.8, 4) is 0 Å². The number of aromatic nitrogens is 3. The molecule has 0 aromatic carbocycles. The number of carboxylic acid groups (broad SMARTS) is 1. The quantitative estimate of drug-likeness (QED) is 0.723. The Morgan fingerprint density at radius 3 is 2.86 bits per heavy atom. The molecule has 9 nitrogen and oxygen atoms in total. The third-order valence-electron chi connectivity index (χ3n) is 3.36. The van der Waals surface area contributed by atoms with Crippen LogP contribution in [0, 0.1) is 0 Å². The van der Waals surface area contributed by atoms with E-state index in [0.29, 0.717) is 18.7 Å². The first-order valence-corrected chi connectivity index (χ1v) is 7.20. The molecule has 0 radical (unpaired) electrons. The Bertz CT molecular complexity index is 556. The Labute approximate surface area is 127 Å². The van der Waals surface area contributed by atoms with Gasteiger partial charge in [0, 0.05) is 13.0 Å². The molecule has 0 bridgehead atoms. The largest absolute Gasteiger partial charge is 0.480 e. The van der Waals surface area contributed by atoms with Crippen LogP contribution in [0.3, 0.4) is 0 Å². The topological polar surface area (TPSA) is 117 Å². The van der Waals surface area contributed by atoms with E-state index in [2.05, 4.69) is 15.6 Å². The van der Waals surface area contributed by atoms with Gasteiger partial charge in [0.1, 0.15) is 12.2 Å². The molecule has 0 saturated carbocycles. The number of hydrogen-bond donors (Lipinski definition) is 2. The molecule has 0 unspecified atom stereocenters. The van der Waals surface area contributed by atoms with Crippen LogP contribution in [-0.2, 0) is 27.5 Å².